The van der Waals surface area contributed by atoms with Crippen LogP contribution in [0.1, 0.15) is 40.0 Å². The molecule has 0 aromatic rings. The average Bonchev–Trinajstić information content (AvgIpc) is 2.44. The molecule has 6 heteroatoms. The van der Waals surface area contributed by atoms with Gasteiger partial charge in [-0.25, -0.2) is 0 Å². The van der Waals surface area contributed by atoms with Crippen molar-refractivity contribution in [2.45, 2.75) is 52.4 Å². The first-order chi connectivity index (χ1) is 9.51. The predicted octanol–water partition coefficient (Wildman–Crippen LogP) is 1.59. The Balaban J connectivity index is 2.53. The predicted molar refractivity (Wildman–Crippen MR) is 72.8 cm³/mol. The minimum Gasteiger partial charge on any atom is -0.481 e. The zero-order valence-corrected chi connectivity index (χ0v) is 12.4. The lowest BCUT2D eigenvalue weighted by Crippen LogP contribution is -2.45. The second-order valence-corrected chi connectivity index (χ2v) is 5.46. The van der Waals surface area contributed by atoms with E-state index >= 15 is 0 Å². The van der Waals surface area contributed by atoms with E-state index in [-0.39, 0.29) is 17.9 Å². The standard InChI is InChI=1S/C14H25NO5/c1-4-9(2)12(13(17)18)10(3)15-20-14-11(8-16)6-5-7-19-14/h8-12,14-15H,4-7H2,1-3H3,(H,17,18)/t9?,10-,11?,12+,14?/m0/s1. The molecule has 6 nitrogen and oxygen atoms in total. The van der Waals surface area contributed by atoms with Crippen molar-refractivity contribution in [3.05, 3.63) is 0 Å². The van der Waals surface area contributed by atoms with Gasteiger partial charge in [0.1, 0.15) is 6.29 Å². The van der Waals surface area contributed by atoms with Gasteiger partial charge in [-0.15, -0.1) is 0 Å². The molecule has 1 fully saturated rings. The first-order valence-electron chi connectivity index (χ1n) is 7.22. The molecule has 0 amide bonds. The van der Waals surface area contributed by atoms with Crippen molar-refractivity contribution >= 4 is 12.3 Å². The molecule has 0 aromatic carbocycles. The molecule has 0 saturated carbocycles. The number of hydrogen-bond donors (Lipinski definition) is 2. The smallest absolute Gasteiger partial charge is 0.308 e. The van der Waals surface area contributed by atoms with Crippen LogP contribution in [-0.4, -0.2) is 36.3 Å². The fourth-order valence-electron chi connectivity index (χ4n) is 2.48. The molecule has 0 aliphatic carbocycles. The first-order valence-corrected chi connectivity index (χ1v) is 7.22. The summed E-state index contributed by atoms with van der Waals surface area (Å²) >= 11 is 0. The van der Waals surface area contributed by atoms with Gasteiger partial charge in [-0.2, -0.15) is 5.48 Å². The first kappa shape index (κ1) is 17.1. The topological polar surface area (TPSA) is 84.9 Å². The number of ether oxygens (including phenoxy) is 1. The van der Waals surface area contributed by atoms with E-state index in [0.29, 0.717) is 6.61 Å². The van der Waals surface area contributed by atoms with E-state index in [9.17, 15) is 14.7 Å². The van der Waals surface area contributed by atoms with E-state index in [4.69, 9.17) is 9.57 Å². The fourth-order valence-corrected chi connectivity index (χ4v) is 2.48. The van der Waals surface area contributed by atoms with Gasteiger partial charge in [-0.3, -0.25) is 9.63 Å². The van der Waals surface area contributed by atoms with Crippen molar-refractivity contribution in [2.75, 3.05) is 6.61 Å². The number of rotatable bonds is 8. The molecular formula is C14H25NO5. The Hall–Kier alpha value is -0.980. The van der Waals surface area contributed by atoms with Gasteiger partial charge in [0, 0.05) is 12.6 Å². The highest BCUT2D eigenvalue weighted by molar-refractivity contribution is 5.71. The Kier molecular flexibility index (Phi) is 7.12. The van der Waals surface area contributed by atoms with Gasteiger partial charge in [0.15, 0.2) is 6.29 Å². The molecule has 0 bridgehead atoms. The van der Waals surface area contributed by atoms with Gasteiger partial charge in [0.05, 0.1) is 11.8 Å². The molecule has 1 heterocycles. The number of aldehydes is 1. The zero-order valence-electron chi connectivity index (χ0n) is 12.4. The van der Waals surface area contributed by atoms with Crippen LogP contribution in [0, 0.1) is 17.8 Å². The quantitative estimate of drug-likeness (QED) is 0.521. The second-order valence-electron chi connectivity index (χ2n) is 5.46. The van der Waals surface area contributed by atoms with Crippen LogP contribution in [0.5, 0.6) is 0 Å². The van der Waals surface area contributed by atoms with E-state index in [0.717, 1.165) is 25.5 Å². The summed E-state index contributed by atoms with van der Waals surface area (Å²) in [4.78, 5) is 27.7. The average molecular weight is 287 g/mol. The van der Waals surface area contributed by atoms with Crippen LogP contribution >= 0.6 is 0 Å². The third kappa shape index (κ3) is 4.54. The Labute approximate surface area is 119 Å². The van der Waals surface area contributed by atoms with Gasteiger partial charge in [0.25, 0.3) is 0 Å². The van der Waals surface area contributed by atoms with Gasteiger partial charge in [-0.1, -0.05) is 20.3 Å². The highest BCUT2D eigenvalue weighted by Gasteiger charge is 2.32. The summed E-state index contributed by atoms with van der Waals surface area (Å²) in [5, 5.41) is 9.30. The van der Waals surface area contributed by atoms with Gasteiger partial charge in [0.2, 0.25) is 0 Å². The minimum absolute atomic E-state index is 0.0349. The molecule has 1 aliphatic rings. The van der Waals surface area contributed by atoms with Crippen LogP contribution in [-0.2, 0) is 19.2 Å². The third-order valence-corrected chi connectivity index (χ3v) is 3.94. The molecule has 1 rings (SSSR count). The Morgan fingerprint density at radius 2 is 2.25 bits per heavy atom. The molecule has 116 valence electrons. The van der Waals surface area contributed by atoms with Crippen molar-refractivity contribution in [1.82, 2.24) is 5.48 Å². The molecule has 5 atom stereocenters. The Morgan fingerprint density at radius 1 is 1.55 bits per heavy atom. The van der Waals surface area contributed by atoms with E-state index in [1.807, 2.05) is 13.8 Å². The summed E-state index contributed by atoms with van der Waals surface area (Å²) in [7, 11) is 0. The van der Waals surface area contributed by atoms with Crippen LogP contribution in [0.25, 0.3) is 0 Å². The largest absolute Gasteiger partial charge is 0.481 e. The van der Waals surface area contributed by atoms with Crippen molar-refractivity contribution < 1.29 is 24.3 Å². The van der Waals surface area contributed by atoms with Crippen LogP contribution in [0.15, 0.2) is 0 Å². The van der Waals surface area contributed by atoms with Crippen LogP contribution in [0.2, 0.25) is 0 Å². The maximum atomic E-state index is 11.3. The molecule has 20 heavy (non-hydrogen) atoms. The lowest BCUT2D eigenvalue weighted by Gasteiger charge is -2.31. The van der Waals surface area contributed by atoms with Crippen molar-refractivity contribution in [2.24, 2.45) is 17.8 Å². The lowest BCUT2D eigenvalue weighted by atomic mass is 9.87. The summed E-state index contributed by atoms with van der Waals surface area (Å²) < 4.78 is 5.40. The number of carboxylic acids is 1. The summed E-state index contributed by atoms with van der Waals surface area (Å²) in [6.07, 6.45) is 2.55. The highest BCUT2D eigenvalue weighted by Crippen LogP contribution is 2.22. The Morgan fingerprint density at radius 3 is 2.80 bits per heavy atom. The molecule has 0 spiro atoms. The summed E-state index contributed by atoms with van der Waals surface area (Å²) in [5.41, 5.74) is 2.75. The number of carbonyl (C=O) groups excluding carboxylic acids is 1. The maximum Gasteiger partial charge on any atom is 0.308 e. The normalized spacial score (nSPS) is 27.6. The fraction of sp³-hybridized carbons (Fsp3) is 0.857. The van der Waals surface area contributed by atoms with Crippen molar-refractivity contribution in [1.29, 1.82) is 0 Å². The second kappa shape index (κ2) is 8.34. The third-order valence-electron chi connectivity index (χ3n) is 3.94. The number of nitrogens with one attached hydrogen (secondary N) is 1. The number of hydrogen-bond acceptors (Lipinski definition) is 5. The minimum atomic E-state index is -0.848. The molecule has 3 unspecified atom stereocenters. The van der Waals surface area contributed by atoms with Crippen LogP contribution < -0.4 is 5.48 Å². The molecule has 0 aromatic heterocycles. The lowest BCUT2D eigenvalue weighted by molar-refractivity contribution is -0.226. The molecule has 2 N–H and O–H groups in total. The number of hydroxylamine groups is 1. The van der Waals surface area contributed by atoms with E-state index in [1.165, 1.54) is 0 Å². The summed E-state index contributed by atoms with van der Waals surface area (Å²) in [5.74, 6) is -1.65. The number of aliphatic carboxylic acids is 1. The summed E-state index contributed by atoms with van der Waals surface area (Å²) in [6, 6.07) is -0.361. The van der Waals surface area contributed by atoms with Gasteiger partial charge in [-0.05, 0) is 25.7 Å². The van der Waals surface area contributed by atoms with Gasteiger partial charge < -0.3 is 14.6 Å². The SMILES string of the molecule is CCC(C)[C@@H](C(=O)O)[C@H](C)NOC1OCCCC1C=O. The number of carbonyl (C=O) groups is 2. The van der Waals surface area contributed by atoms with E-state index < -0.39 is 18.2 Å². The molecular weight excluding hydrogens is 262 g/mol. The molecule has 1 saturated heterocycles. The number of carboxylic acid groups (broad SMARTS) is 1. The highest BCUT2D eigenvalue weighted by atomic mass is 16.8. The monoisotopic (exact) mass is 287 g/mol. The maximum absolute atomic E-state index is 11.3. The molecule has 0 radical (unpaired) electrons. The summed E-state index contributed by atoms with van der Waals surface area (Å²) in [6.45, 7) is 6.19. The van der Waals surface area contributed by atoms with Crippen molar-refractivity contribution in [3.63, 3.8) is 0 Å². The van der Waals surface area contributed by atoms with Crippen molar-refractivity contribution in [3.8, 4) is 0 Å². The van der Waals surface area contributed by atoms with Crippen LogP contribution in [0.3, 0.4) is 0 Å². The zero-order chi connectivity index (χ0) is 15.1. The van der Waals surface area contributed by atoms with E-state index in [1.54, 1.807) is 6.92 Å². The van der Waals surface area contributed by atoms with Crippen LogP contribution in [0.4, 0.5) is 0 Å². The molecule has 1 aliphatic heterocycles. The Bertz CT molecular complexity index is 323. The van der Waals surface area contributed by atoms with E-state index in [2.05, 4.69) is 5.48 Å². The van der Waals surface area contributed by atoms with Gasteiger partial charge >= 0.3 is 5.97 Å².